The van der Waals surface area contributed by atoms with Crippen LogP contribution in [0.25, 0.3) is 0 Å². The molecule has 0 heterocycles. The van der Waals surface area contributed by atoms with Gasteiger partial charge in [0.15, 0.2) is 0 Å². The number of sulfonamides is 1. The maximum absolute atomic E-state index is 12.1. The average molecular weight is 287 g/mol. The summed E-state index contributed by atoms with van der Waals surface area (Å²) < 4.78 is 31.4. The quantitative estimate of drug-likeness (QED) is 0.845. The number of carboxylic acid groups (broad SMARTS) is 1. The molecule has 6 nitrogen and oxygen atoms in total. The summed E-state index contributed by atoms with van der Waals surface area (Å²) in [5, 5.41) is 8.76. The second-order valence-electron chi connectivity index (χ2n) is 4.27. The Bertz CT molecular complexity index is 594. The summed E-state index contributed by atoms with van der Waals surface area (Å²) in [6.07, 6.45) is 0. The van der Waals surface area contributed by atoms with Crippen molar-refractivity contribution in [1.29, 1.82) is 0 Å². The van der Waals surface area contributed by atoms with E-state index in [9.17, 15) is 13.2 Å². The van der Waals surface area contributed by atoms with Crippen LogP contribution in [0, 0.1) is 13.8 Å². The Labute approximate surface area is 112 Å². The molecule has 0 aromatic heterocycles. The van der Waals surface area contributed by atoms with E-state index in [2.05, 4.69) is 4.72 Å². The molecule has 1 atom stereocenters. The van der Waals surface area contributed by atoms with E-state index in [0.29, 0.717) is 0 Å². The average Bonchev–Trinajstić information content (AvgIpc) is 2.31. The zero-order chi connectivity index (χ0) is 14.8. The van der Waals surface area contributed by atoms with Gasteiger partial charge < -0.3 is 9.84 Å². The SMILES string of the molecule is COc1cc(C)c(C)cc1S(=O)(=O)N[C@H](C)C(=O)O. The molecule has 0 saturated heterocycles. The first-order chi connectivity index (χ1) is 8.69. The summed E-state index contributed by atoms with van der Waals surface area (Å²) in [6, 6.07) is 1.86. The lowest BCUT2D eigenvalue weighted by atomic mass is 10.1. The van der Waals surface area contributed by atoms with Crippen LogP contribution in [-0.2, 0) is 14.8 Å². The van der Waals surface area contributed by atoms with Crippen molar-refractivity contribution < 1.29 is 23.1 Å². The Morgan fingerprint density at radius 2 is 1.84 bits per heavy atom. The molecule has 7 heteroatoms. The normalized spacial score (nSPS) is 13.1. The highest BCUT2D eigenvalue weighted by atomic mass is 32.2. The van der Waals surface area contributed by atoms with Crippen LogP contribution >= 0.6 is 0 Å². The van der Waals surface area contributed by atoms with Gasteiger partial charge in [0.05, 0.1) is 7.11 Å². The lowest BCUT2D eigenvalue weighted by molar-refractivity contribution is -0.138. The third-order valence-electron chi connectivity index (χ3n) is 2.77. The van der Waals surface area contributed by atoms with Gasteiger partial charge in [0.2, 0.25) is 10.0 Å². The number of hydrogen-bond acceptors (Lipinski definition) is 4. The van der Waals surface area contributed by atoms with Gasteiger partial charge in [-0.3, -0.25) is 4.79 Å². The number of aliphatic carboxylic acids is 1. The molecule has 0 saturated carbocycles. The van der Waals surface area contributed by atoms with Crippen molar-refractivity contribution in [3.8, 4) is 5.75 Å². The molecule has 1 rings (SSSR count). The fourth-order valence-electron chi connectivity index (χ4n) is 1.48. The number of rotatable bonds is 5. The van der Waals surface area contributed by atoms with Crippen LogP contribution in [0.3, 0.4) is 0 Å². The lowest BCUT2D eigenvalue weighted by Gasteiger charge is -2.14. The molecule has 19 heavy (non-hydrogen) atoms. The Morgan fingerprint density at radius 1 is 1.32 bits per heavy atom. The zero-order valence-electron chi connectivity index (χ0n) is 11.2. The predicted octanol–water partition coefficient (Wildman–Crippen LogP) is 1.06. The summed E-state index contributed by atoms with van der Waals surface area (Å²) >= 11 is 0. The molecule has 106 valence electrons. The highest BCUT2D eigenvalue weighted by molar-refractivity contribution is 7.89. The number of ether oxygens (including phenoxy) is 1. The van der Waals surface area contributed by atoms with E-state index >= 15 is 0 Å². The highest BCUT2D eigenvalue weighted by Crippen LogP contribution is 2.27. The third kappa shape index (κ3) is 3.45. The molecule has 2 N–H and O–H groups in total. The van der Waals surface area contributed by atoms with Gasteiger partial charge in [0.1, 0.15) is 16.7 Å². The van der Waals surface area contributed by atoms with Gasteiger partial charge in [-0.1, -0.05) is 0 Å². The molecule has 0 aliphatic carbocycles. The smallest absolute Gasteiger partial charge is 0.321 e. The van der Waals surface area contributed by atoms with Crippen molar-refractivity contribution >= 4 is 16.0 Å². The van der Waals surface area contributed by atoms with Crippen LogP contribution in [0.5, 0.6) is 5.75 Å². The second kappa shape index (κ2) is 5.58. The first-order valence-corrected chi connectivity index (χ1v) is 7.07. The standard InChI is InChI=1S/C12H17NO5S/c1-7-5-10(18-4)11(6-8(7)2)19(16,17)13-9(3)12(14)15/h5-6,9,13H,1-4H3,(H,14,15)/t9-/m1/s1. The van der Waals surface area contributed by atoms with E-state index in [1.54, 1.807) is 13.0 Å². The lowest BCUT2D eigenvalue weighted by Crippen LogP contribution is -2.38. The minimum absolute atomic E-state index is 0.0637. The zero-order valence-corrected chi connectivity index (χ0v) is 12.0. The molecule has 0 aliphatic heterocycles. The van der Waals surface area contributed by atoms with Crippen LogP contribution in [0.1, 0.15) is 18.1 Å². The van der Waals surface area contributed by atoms with Crippen LogP contribution in [0.4, 0.5) is 0 Å². The molecule has 0 fully saturated rings. The molecular formula is C12H17NO5S. The number of benzene rings is 1. The van der Waals surface area contributed by atoms with Crippen LogP contribution in [-0.4, -0.2) is 32.6 Å². The van der Waals surface area contributed by atoms with Gasteiger partial charge >= 0.3 is 5.97 Å². The van der Waals surface area contributed by atoms with Gasteiger partial charge in [-0.15, -0.1) is 0 Å². The summed E-state index contributed by atoms with van der Waals surface area (Å²) in [6.45, 7) is 4.86. The Morgan fingerprint density at radius 3 is 2.32 bits per heavy atom. The first-order valence-electron chi connectivity index (χ1n) is 5.59. The molecule has 0 spiro atoms. The summed E-state index contributed by atoms with van der Waals surface area (Å²) in [4.78, 5) is 10.7. The fraction of sp³-hybridized carbons (Fsp3) is 0.417. The maximum atomic E-state index is 12.1. The number of aryl methyl sites for hydroxylation is 2. The van der Waals surface area contributed by atoms with Crippen molar-refractivity contribution in [3.05, 3.63) is 23.3 Å². The molecular weight excluding hydrogens is 270 g/mol. The molecule has 0 aliphatic rings. The van der Waals surface area contributed by atoms with E-state index in [-0.39, 0.29) is 10.6 Å². The van der Waals surface area contributed by atoms with Gasteiger partial charge in [-0.25, -0.2) is 8.42 Å². The van der Waals surface area contributed by atoms with E-state index in [1.807, 2.05) is 6.92 Å². The minimum atomic E-state index is -3.94. The fourth-order valence-corrected chi connectivity index (χ4v) is 2.91. The molecule has 0 amide bonds. The van der Waals surface area contributed by atoms with Gasteiger partial charge in [-0.2, -0.15) is 4.72 Å². The van der Waals surface area contributed by atoms with Crippen molar-refractivity contribution in [2.24, 2.45) is 0 Å². The molecule has 1 aromatic carbocycles. The van der Waals surface area contributed by atoms with Crippen LogP contribution in [0.2, 0.25) is 0 Å². The van der Waals surface area contributed by atoms with E-state index in [0.717, 1.165) is 11.1 Å². The third-order valence-corrected chi connectivity index (χ3v) is 4.33. The van der Waals surface area contributed by atoms with Gasteiger partial charge in [0.25, 0.3) is 0 Å². The van der Waals surface area contributed by atoms with Crippen molar-refractivity contribution in [3.63, 3.8) is 0 Å². The monoisotopic (exact) mass is 287 g/mol. The van der Waals surface area contributed by atoms with Crippen molar-refractivity contribution in [1.82, 2.24) is 4.72 Å². The van der Waals surface area contributed by atoms with Crippen LogP contribution < -0.4 is 9.46 Å². The number of methoxy groups -OCH3 is 1. The Balaban J connectivity index is 3.28. The second-order valence-corrected chi connectivity index (χ2v) is 5.95. The number of hydrogen-bond donors (Lipinski definition) is 2. The number of carbonyl (C=O) groups is 1. The molecule has 0 unspecified atom stereocenters. The van der Waals surface area contributed by atoms with E-state index < -0.39 is 22.0 Å². The number of nitrogens with one attached hydrogen (secondary N) is 1. The van der Waals surface area contributed by atoms with Gasteiger partial charge in [-0.05, 0) is 44.0 Å². The van der Waals surface area contributed by atoms with Crippen molar-refractivity contribution in [2.45, 2.75) is 31.7 Å². The largest absolute Gasteiger partial charge is 0.495 e. The molecule has 0 radical (unpaired) electrons. The van der Waals surface area contributed by atoms with Gasteiger partial charge in [0, 0.05) is 0 Å². The Kier molecular flexibility index (Phi) is 4.54. The van der Waals surface area contributed by atoms with Crippen LogP contribution in [0.15, 0.2) is 17.0 Å². The predicted molar refractivity (Wildman–Crippen MR) is 69.9 cm³/mol. The maximum Gasteiger partial charge on any atom is 0.321 e. The highest BCUT2D eigenvalue weighted by Gasteiger charge is 2.25. The topological polar surface area (TPSA) is 92.7 Å². The number of carboxylic acids is 1. The minimum Gasteiger partial charge on any atom is -0.495 e. The summed E-state index contributed by atoms with van der Waals surface area (Å²) in [7, 11) is -2.58. The molecule has 0 bridgehead atoms. The van der Waals surface area contributed by atoms with Crippen molar-refractivity contribution in [2.75, 3.05) is 7.11 Å². The van der Waals surface area contributed by atoms with E-state index in [4.69, 9.17) is 9.84 Å². The summed E-state index contributed by atoms with van der Waals surface area (Å²) in [5.74, 6) is -1.06. The molecule has 1 aromatic rings. The Hall–Kier alpha value is -1.60. The van der Waals surface area contributed by atoms with E-state index in [1.165, 1.54) is 20.1 Å². The summed E-state index contributed by atoms with van der Waals surface area (Å²) in [5.41, 5.74) is 1.67. The first kappa shape index (κ1) is 15.5.